The van der Waals surface area contributed by atoms with Gasteiger partial charge in [-0.25, -0.2) is 0 Å². The number of benzene rings is 10. The first-order chi connectivity index (χ1) is 28.7. The average molecular weight is 756 g/mol. The molecule has 11 aromatic rings. The van der Waals surface area contributed by atoms with E-state index in [9.17, 15) is 0 Å². The van der Waals surface area contributed by atoms with Crippen molar-refractivity contribution in [1.82, 2.24) is 0 Å². The molecule has 272 valence electrons. The number of hydrogen-bond acceptors (Lipinski definition) is 2. The van der Waals surface area contributed by atoms with Gasteiger partial charge in [-0.2, -0.15) is 0 Å². The van der Waals surface area contributed by atoms with E-state index >= 15 is 0 Å². The van der Waals surface area contributed by atoms with E-state index in [4.69, 9.17) is 0 Å². The molecule has 1 aromatic heterocycles. The molecule has 10 aromatic carbocycles. The molecule has 1 nitrogen and oxygen atoms in total. The van der Waals surface area contributed by atoms with Crippen LogP contribution in [0, 0.1) is 0 Å². The van der Waals surface area contributed by atoms with Crippen molar-refractivity contribution in [2.45, 2.75) is 0 Å². The molecule has 0 saturated carbocycles. The van der Waals surface area contributed by atoms with Crippen LogP contribution in [0.15, 0.2) is 224 Å². The third-order valence-electron chi connectivity index (χ3n) is 11.4. The Labute approximate surface area is 342 Å². The van der Waals surface area contributed by atoms with E-state index in [0.29, 0.717) is 0 Å². The summed E-state index contributed by atoms with van der Waals surface area (Å²) in [4.78, 5) is 2.38. The molecule has 2 heteroatoms. The maximum absolute atomic E-state index is 2.38. The minimum absolute atomic E-state index is 1.10. The fourth-order valence-electron chi connectivity index (χ4n) is 8.55. The highest BCUT2D eigenvalue weighted by atomic mass is 32.1. The standard InChI is InChI=1S/C56H37NS/c1-2-13-42-35-44(26-25-38(42)11-1)40-29-33-48(34-30-40)57(49-18-8-17-46(37-49)51-21-9-14-41-12-3-4-19-50(41)51)47-31-27-39(28-32-47)43-15-7-16-45(36-43)52-22-10-23-54-53-20-5-6-24-55(53)58-56(52)54/h1-37H. The summed E-state index contributed by atoms with van der Waals surface area (Å²) >= 11 is 1.88. The van der Waals surface area contributed by atoms with Gasteiger partial charge >= 0.3 is 0 Å². The largest absolute Gasteiger partial charge is 0.310 e. The second-order valence-electron chi connectivity index (χ2n) is 14.9. The minimum Gasteiger partial charge on any atom is -0.310 e. The Morgan fingerprint density at radius 1 is 0.276 bits per heavy atom. The van der Waals surface area contributed by atoms with E-state index < -0.39 is 0 Å². The molecule has 0 aliphatic carbocycles. The molecule has 0 bridgehead atoms. The fraction of sp³-hybridized carbons (Fsp3) is 0. The lowest BCUT2D eigenvalue weighted by atomic mass is 9.97. The van der Waals surface area contributed by atoms with Crippen LogP contribution in [0.25, 0.3) is 86.2 Å². The minimum atomic E-state index is 1.10. The van der Waals surface area contributed by atoms with Crippen LogP contribution in [0.5, 0.6) is 0 Å². The number of thiophene rings is 1. The molecule has 0 spiro atoms. The zero-order valence-corrected chi connectivity index (χ0v) is 32.5. The molecule has 0 saturated heterocycles. The third kappa shape index (κ3) is 6.12. The maximum atomic E-state index is 2.38. The lowest BCUT2D eigenvalue weighted by Gasteiger charge is -2.26. The lowest BCUT2D eigenvalue weighted by Crippen LogP contribution is -2.10. The highest BCUT2D eigenvalue weighted by molar-refractivity contribution is 7.26. The summed E-state index contributed by atoms with van der Waals surface area (Å²) in [6.45, 7) is 0. The molecule has 0 aliphatic rings. The van der Waals surface area contributed by atoms with Gasteiger partial charge in [-0.05, 0) is 121 Å². The molecule has 0 radical (unpaired) electrons. The predicted octanol–water partition coefficient (Wildman–Crippen LogP) is 16.5. The first kappa shape index (κ1) is 34.0. The van der Waals surface area contributed by atoms with Crippen molar-refractivity contribution in [3.8, 4) is 44.5 Å². The van der Waals surface area contributed by atoms with E-state index in [-0.39, 0.29) is 0 Å². The molecular formula is C56H37NS. The highest BCUT2D eigenvalue weighted by Crippen LogP contribution is 2.42. The molecule has 0 amide bonds. The molecule has 0 N–H and O–H groups in total. The van der Waals surface area contributed by atoms with Gasteiger partial charge in [-0.1, -0.05) is 170 Å². The van der Waals surface area contributed by atoms with Crippen LogP contribution in [-0.4, -0.2) is 0 Å². The van der Waals surface area contributed by atoms with Crippen LogP contribution in [0.2, 0.25) is 0 Å². The summed E-state index contributed by atoms with van der Waals surface area (Å²) in [6.07, 6.45) is 0. The second kappa shape index (κ2) is 14.4. The Hall–Kier alpha value is -7.26. The quantitative estimate of drug-likeness (QED) is 0.157. The molecule has 1 heterocycles. The summed E-state index contributed by atoms with van der Waals surface area (Å²) < 4.78 is 2.66. The van der Waals surface area contributed by atoms with Crippen molar-refractivity contribution >= 4 is 70.1 Å². The van der Waals surface area contributed by atoms with Gasteiger partial charge in [0.1, 0.15) is 0 Å². The van der Waals surface area contributed by atoms with Crippen LogP contribution in [0.3, 0.4) is 0 Å². The summed E-state index contributed by atoms with van der Waals surface area (Å²) in [5.74, 6) is 0. The Bertz CT molecular complexity index is 3280. The summed E-state index contributed by atoms with van der Waals surface area (Å²) in [5, 5.41) is 7.65. The number of hydrogen-bond donors (Lipinski definition) is 0. The van der Waals surface area contributed by atoms with Gasteiger partial charge in [0, 0.05) is 37.2 Å². The van der Waals surface area contributed by atoms with Gasteiger partial charge in [-0.15, -0.1) is 11.3 Å². The van der Waals surface area contributed by atoms with Gasteiger partial charge in [-0.3, -0.25) is 0 Å². The Kier molecular flexibility index (Phi) is 8.42. The van der Waals surface area contributed by atoms with Gasteiger partial charge in [0.15, 0.2) is 0 Å². The topological polar surface area (TPSA) is 3.24 Å². The van der Waals surface area contributed by atoms with Gasteiger partial charge < -0.3 is 4.90 Å². The van der Waals surface area contributed by atoms with E-state index in [1.54, 1.807) is 0 Å². The fourth-order valence-corrected chi connectivity index (χ4v) is 9.79. The first-order valence-electron chi connectivity index (χ1n) is 19.8. The van der Waals surface area contributed by atoms with Crippen LogP contribution in [-0.2, 0) is 0 Å². The van der Waals surface area contributed by atoms with E-state index in [0.717, 1.165) is 17.1 Å². The van der Waals surface area contributed by atoms with E-state index in [1.807, 2.05) is 11.3 Å². The Balaban J connectivity index is 0.983. The number of rotatable bonds is 7. The molecule has 0 fully saturated rings. The number of anilines is 3. The van der Waals surface area contributed by atoms with Crippen molar-refractivity contribution in [1.29, 1.82) is 0 Å². The van der Waals surface area contributed by atoms with Gasteiger partial charge in [0.05, 0.1) is 0 Å². The third-order valence-corrected chi connectivity index (χ3v) is 12.7. The highest BCUT2D eigenvalue weighted by Gasteiger charge is 2.16. The molecule has 0 atom stereocenters. The SMILES string of the molecule is c1cc(-c2ccc(N(c3ccc(-c4ccc5ccccc5c4)cc3)c3cccc(-c4cccc5ccccc45)c3)cc2)cc(-c2cccc3c2sc2ccccc23)c1. The van der Waals surface area contributed by atoms with E-state index in [1.165, 1.54) is 86.2 Å². The Morgan fingerprint density at radius 3 is 1.60 bits per heavy atom. The molecular weight excluding hydrogens is 719 g/mol. The Morgan fingerprint density at radius 2 is 0.810 bits per heavy atom. The van der Waals surface area contributed by atoms with Crippen molar-refractivity contribution in [3.05, 3.63) is 224 Å². The maximum Gasteiger partial charge on any atom is 0.0467 e. The summed E-state index contributed by atoms with van der Waals surface area (Å²) in [6, 6.07) is 81.9. The summed E-state index contributed by atoms with van der Waals surface area (Å²) in [5.41, 5.74) is 13.0. The van der Waals surface area contributed by atoms with Gasteiger partial charge in [0.25, 0.3) is 0 Å². The molecule has 0 aliphatic heterocycles. The van der Waals surface area contributed by atoms with Gasteiger partial charge in [0.2, 0.25) is 0 Å². The van der Waals surface area contributed by atoms with Crippen LogP contribution in [0.4, 0.5) is 17.1 Å². The van der Waals surface area contributed by atoms with Crippen LogP contribution >= 0.6 is 11.3 Å². The van der Waals surface area contributed by atoms with Crippen molar-refractivity contribution < 1.29 is 0 Å². The molecule has 58 heavy (non-hydrogen) atoms. The van der Waals surface area contributed by atoms with Crippen molar-refractivity contribution in [2.75, 3.05) is 4.90 Å². The monoisotopic (exact) mass is 755 g/mol. The smallest absolute Gasteiger partial charge is 0.0467 e. The zero-order valence-electron chi connectivity index (χ0n) is 31.7. The zero-order chi connectivity index (χ0) is 38.4. The average Bonchev–Trinajstić information content (AvgIpc) is 3.68. The molecule has 0 unspecified atom stereocenters. The van der Waals surface area contributed by atoms with Crippen molar-refractivity contribution in [2.24, 2.45) is 0 Å². The normalized spacial score (nSPS) is 11.4. The van der Waals surface area contributed by atoms with Crippen molar-refractivity contribution in [3.63, 3.8) is 0 Å². The lowest BCUT2D eigenvalue weighted by molar-refractivity contribution is 1.28. The van der Waals surface area contributed by atoms with E-state index in [2.05, 4.69) is 229 Å². The number of fused-ring (bicyclic) bond motifs is 5. The van der Waals surface area contributed by atoms with Crippen LogP contribution in [0.1, 0.15) is 0 Å². The summed E-state index contributed by atoms with van der Waals surface area (Å²) in [7, 11) is 0. The second-order valence-corrected chi connectivity index (χ2v) is 16.0. The number of nitrogens with zero attached hydrogens (tertiary/aromatic N) is 1. The van der Waals surface area contributed by atoms with Crippen LogP contribution < -0.4 is 4.90 Å². The predicted molar refractivity (Wildman–Crippen MR) is 251 cm³/mol. The molecule has 11 rings (SSSR count). The first-order valence-corrected chi connectivity index (χ1v) is 20.6.